The lowest BCUT2D eigenvalue weighted by molar-refractivity contribution is -0.831. The second-order valence-corrected chi connectivity index (χ2v) is 6.15. The van der Waals surface area contributed by atoms with Crippen LogP contribution in [0.15, 0.2) is 0 Å². The molecule has 0 aromatic heterocycles. The van der Waals surface area contributed by atoms with Crippen LogP contribution in [0, 0.1) is 20.2 Å². The Kier molecular flexibility index (Phi) is 4.22. The topological polar surface area (TPSA) is 95.5 Å². The van der Waals surface area contributed by atoms with Crippen molar-refractivity contribution >= 4 is 8.65 Å². The van der Waals surface area contributed by atoms with E-state index < -0.39 is 36.9 Å². The Morgan fingerprint density at radius 2 is 1.80 bits per heavy atom. The molecule has 0 saturated carbocycles. The first-order valence-corrected chi connectivity index (χ1v) is 6.37. The van der Waals surface area contributed by atoms with Gasteiger partial charge in [-0.05, 0) is 6.55 Å². The van der Waals surface area contributed by atoms with Crippen molar-refractivity contribution in [2.75, 3.05) is 7.11 Å². The SMILES string of the molecule is CO[Si](C)(F)CCC(F)([N+](=O)[O-])[N+](=O)[O-]. The second-order valence-electron chi connectivity index (χ2n) is 3.04. The van der Waals surface area contributed by atoms with Crippen LogP contribution in [-0.4, -0.2) is 31.5 Å². The lowest BCUT2D eigenvalue weighted by Crippen LogP contribution is -2.43. The highest BCUT2D eigenvalue weighted by Crippen LogP contribution is 2.25. The van der Waals surface area contributed by atoms with Gasteiger partial charge in [-0.1, -0.05) is 4.39 Å². The number of halogens is 2. The van der Waals surface area contributed by atoms with Gasteiger partial charge < -0.3 is 4.43 Å². The van der Waals surface area contributed by atoms with Crippen molar-refractivity contribution in [3.8, 4) is 0 Å². The lowest BCUT2D eigenvalue weighted by atomic mass is 10.3. The van der Waals surface area contributed by atoms with Gasteiger partial charge in [0.1, 0.15) is 16.3 Å². The summed E-state index contributed by atoms with van der Waals surface area (Å²) in [6.07, 6.45) is -1.14. The summed E-state index contributed by atoms with van der Waals surface area (Å²) < 4.78 is 30.6. The molecule has 0 heterocycles. The average molecular weight is 244 g/mol. The van der Waals surface area contributed by atoms with Crippen LogP contribution in [0.1, 0.15) is 6.42 Å². The highest BCUT2D eigenvalue weighted by Gasteiger charge is 2.58. The lowest BCUT2D eigenvalue weighted by Gasteiger charge is -2.15. The molecule has 0 rings (SSSR count). The zero-order valence-corrected chi connectivity index (χ0v) is 9.11. The van der Waals surface area contributed by atoms with Gasteiger partial charge in [-0.25, -0.2) is 0 Å². The third kappa shape index (κ3) is 3.47. The van der Waals surface area contributed by atoms with Crippen molar-refractivity contribution < 1.29 is 22.8 Å². The first-order chi connectivity index (χ1) is 6.65. The van der Waals surface area contributed by atoms with Crippen molar-refractivity contribution in [3.05, 3.63) is 20.2 Å². The van der Waals surface area contributed by atoms with Crippen molar-refractivity contribution in [2.24, 2.45) is 0 Å². The summed E-state index contributed by atoms with van der Waals surface area (Å²) in [4.78, 5) is 16.9. The Morgan fingerprint density at radius 1 is 1.40 bits per heavy atom. The minimum atomic E-state index is -3.83. The van der Waals surface area contributed by atoms with Gasteiger partial charge in [0.2, 0.25) is 0 Å². The molecule has 15 heavy (non-hydrogen) atoms. The first-order valence-electron chi connectivity index (χ1n) is 3.87. The van der Waals surface area contributed by atoms with E-state index in [0.29, 0.717) is 0 Å². The number of hydrogen-bond donors (Lipinski definition) is 0. The molecule has 0 amide bonds. The van der Waals surface area contributed by atoms with Crippen LogP contribution in [-0.2, 0) is 4.43 Å². The molecule has 0 saturated heterocycles. The highest BCUT2D eigenvalue weighted by atomic mass is 28.4. The summed E-state index contributed by atoms with van der Waals surface area (Å²) in [5, 5.41) is 20.2. The van der Waals surface area contributed by atoms with Crippen molar-refractivity contribution in [3.63, 3.8) is 0 Å². The fourth-order valence-electron chi connectivity index (χ4n) is 0.734. The van der Waals surface area contributed by atoms with Crippen molar-refractivity contribution in [2.45, 2.75) is 24.9 Å². The quantitative estimate of drug-likeness (QED) is 0.175. The standard InChI is InChI=1S/C5H10F2N2O5Si/c1-14-15(2,7)4-3-5(6,8(10)11)9(12)13/h3-4H2,1-2H3. The molecule has 0 N–H and O–H groups in total. The molecule has 1 unspecified atom stereocenters. The highest BCUT2D eigenvalue weighted by molar-refractivity contribution is 6.65. The smallest absolute Gasteiger partial charge is 0.395 e. The molecule has 0 aliphatic heterocycles. The number of nitro groups is 2. The van der Waals surface area contributed by atoms with E-state index in [-0.39, 0.29) is 0 Å². The zero-order chi connectivity index (χ0) is 12.3. The Bertz CT molecular complexity index is 260. The van der Waals surface area contributed by atoms with Crippen LogP contribution in [0.3, 0.4) is 0 Å². The van der Waals surface area contributed by atoms with Crippen LogP contribution in [0.4, 0.5) is 8.50 Å². The van der Waals surface area contributed by atoms with E-state index in [9.17, 15) is 28.7 Å². The Hall–Kier alpha value is -1.16. The van der Waals surface area contributed by atoms with E-state index in [0.717, 1.165) is 13.7 Å². The zero-order valence-electron chi connectivity index (χ0n) is 8.11. The molecular weight excluding hydrogens is 234 g/mol. The summed E-state index contributed by atoms with van der Waals surface area (Å²) >= 11 is 0. The maximum Gasteiger partial charge on any atom is 0.613 e. The van der Waals surface area contributed by atoms with Crippen LogP contribution < -0.4 is 0 Å². The monoisotopic (exact) mass is 244 g/mol. The number of hydrogen-bond acceptors (Lipinski definition) is 5. The van der Waals surface area contributed by atoms with Gasteiger partial charge in [-0.3, -0.25) is 24.3 Å². The number of rotatable bonds is 6. The molecule has 0 spiro atoms. The maximum absolute atomic E-state index is 13.2. The van der Waals surface area contributed by atoms with Gasteiger partial charge in [-0.2, -0.15) is 0 Å². The Labute approximate surface area is 84.6 Å². The van der Waals surface area contributed by atoms with E-state index in [4.69, 9.17) is 0 Å². The van der Waals surface area contributed by atoms with Gasteiger partial charge in [0.05, 0.1) is 0 Å². The van der Waals surface area contributed by atoms with E-state index in [1.165, 1.54) is 0 Å². The third-order valence-electron chi connectivity index (χ3n) is 1.87. The molecule has 0 aliphatic rings. The fraction of sp³-hybridized carbons (Fsp3) is 1.00. The molecule has 0 fully saturated rings. The minimum Gasteiger partial charge on any atom is -0.395 e. The third-order valence-corrected chi connectivity index (χ3v) is 3.87. The van der Waals surface area contributed by atoms with Gasteiger partial charge in [0.15, 0.2) is 0 Å². The van der Waals surface area contributed by atoms with Crippen LogP contribution in [0.5, 0.6) is 0 Å². The Balaban J connectivity index is 4.60. The largest absolute Gasteiger partial charge is 0.613 e. The molecule has 0 aromatic carbocycles. The molecule has 0 radical (unpaired) electrons. The molecule has 0 bridgehead atoms. The van der Waals surface area contributed by atoms with Gasteiger partial charge in [0.25, 0.3) is 0 Å². The molecule has 0 aliphatic carbocycles. The maximum atomic E-state index is 13.2. The van der Waals surface area contributed by atoms with Gasteiger partial charge >= 0.3 is 14.6 Å². The molecule has 88 valence electrons. The first kappa shape index (κ1) is 13.8. The van der Waals surface area contributed by atoms with E-state index in [2.05, 4.69) is 4.43 Å². The van der Waals surface area contributed by atoms with E-state index in [1.807, 2.05) is 0 Å². The second kappa shape index (κ2) is 4.57. The number of nitrogens with zero attached hydrogens (tertiary/aromatic N) is 2. The summed E-state index contributed by atoms with van der Waals surface area (Å²) in [7, 11) is -2.70. The van der Waals surface area contributed by atoms with Crippen molar-refractivity contribution in [1.29, 1.82) is 0 Å². The van der Waals surface area contributed by atoms with E-state index >= 15 is 0 Å². The molecular formula is C5H10F2N2O5Si. The predicted octanol–water partition coefficient (Wildman–Crippen LogP) is 1.24. The van der Waals surface area contributed by atoms with Crippen LogP contribution >= 0.6 is 0 Å². The fourth-order valence-corrected chi connectivity index (χ4v) is 1.70. The summed E-state index contributed by atoms with van der Waals surface area (Å²) in [5.41, 5.74) is 0. The van der Waals surface area contributed by atoms with Gasteiger partial charge in [-0.15, -0.1) is 0 Å². The van der Waals surface area contributed by atoms with Crippen LogP contribution in [0.25, 0.3) is 0 Å². The average Bonchev–Trinajstić information content (AvgIpc) is 2.13. The molecule has 7 nitrogen and oxygen atoms in total. The van der Waals surface area contributed by atoms with Gasteiger partial charge in [0, 0.05) is 13.2 Å². The Morgan fingerprint density at radius 3 is 2.07 bits per heavy atom. The summed E-state index contributed by atoms with van der Waals surface area (Å²) in [6.45, 7) is 1.04. The predicted molar refractivity (Wildman–Crippen MR) is 47.0 cm³/mol. The van der Waals surface area contributed by atoms with E-state index in [1.54, 1.807) is 0 Å². The minimum absolute atomic E-state index is 0.651. The molecule has 10 heteroatoms. The summed E-state index contributed by atoms with van der Waals surface area (Å²) in [5.74, 6) is -3.83. The van der Waals surface area contributed by atoms with Crippen molar-refractivity contribution in [1.82, 2.24) is 0 Å². The van der Waals surface area contributed by atoms with Crippen LogP contribution in [0.2, 0.25) is 12.6 Å². The molecule has 0 aromatic rings. The summed E-state index contributed by atoms with van der Waals surface area (Å²) in [6, 6.07) is -0.651. The number of alkyl halides is 1. The molecule has 1 atom stereocenters. The normalized spacial score (nSPS) is 15.7.